The Morgan fingerprint density at radius 1 is 0.903 bits per heavy atom. The Hall–Kier alpha value is -3.18. The molecule has 1 aromatic heterocycles. The first-order valence-corrected chi connectivity index (χ1v) is 12.3. The van der Waals surface area contributed by atoms with Gasteiger partial charge in [-0.25, -0.2) is 16.8 Å². The number of anilines is 1. The summed E-state index contributed by atoms with van der Waals surface area (Å²) in [6.07, 6.45) is 0. The van der Waals surface area contributed by atoms with Gasteiger partial charge in [0.1, 0.15) is 16.4 Å². The molecule has 0 saturated heterocycles. The molecule has 0 spiro atoms. The Labute approximate surface area is 181 Å². The zero-order chi connectivity index (χ0) is 22.6. The Bertz CT molecular complexity index is 1290. The summed E-state index contributed by atoms with van der Waals surface area (Å²) in [5.74, 6) is 0.527. The molecule has 0 fully saturated rings. The van der Waals surface area contributed by atoms with Gasteiger partial charge in [0.15, 0.2) is 14.9 Å². The van der Waals surface area contributed by atoms with E-state index in [4.69, 9.17) is 9.47 Å². The first-order chi connectivity index (χ1) is 14.7. The van der Waals surface area contributed by atoms with Crippen LogP contribution in [0, 0.1) is 0 Å². The summed E-state index contributed by atoms with van der Waals surface area (Å²) >= 11 is 0. The van der Waals surface area contributed by atoms with Gasteiger partial charge in [-0.2, -0.15) is 0 Å². The van der Waals surface area contributed by atoms with E-state index in [1.807, 2.05) is 0 Å². The first-order valence-electron chi connectivity index (χ1n) is 9.12. The largest absolute Gasteiger partial charge is 0.497 e. The lowest BCUT2D eigenvalue weighted by atomic mass is 10.1. The van der Waals surface area contributed by atoms with E-state index in [0.29, 0.717) is 22.7 Å². The summed E-state index contributed by atoms with van der Waals surface area (Å²) in [4.78, 5) is -0.0462. The summed E-state index contributed by atoms with van der Waals surface area (Å²) in [5.41, 5.74) is 1.26. The predicted octanol–water partition coefficient (Wildman–Crippen LogP) is 2.76. The van der Waals surface area contributed by atoms with Gasteiger partial charge < -0.3 is 9.47 Å². The van der Waals surface area contributed by atoms with Crippen molar-refractivity contribution in [3.8, 4) is 22.8 Å². The Kier molecular flexibility index (Phi) is 6.46. The fourth-order valence-electron chi connectivity index (χ4n) is 2.74. The first kappa shape index (κ1) is 22.5. The smallest absolute Gasteiger partial charge is 0.265 e. The molecule has 0 atom stereocenters. The van der Waals surface area contributed by atoms with Gasteiger partial charge in [-0.1, -0.05) is 19.1 Å². The quantitative estimate of drug-likeness (QED) is 0.541. The number of hydrogen-bond acceptors (Lipinski definition) is 8. The molecule has 31 heavy (non-hydrogen) atoms. The molecule has 0 bridgehead atoms. The van der Waals surface area contributed by atoms with Crippen LogP contribution in [0.25, 0.3) is 11.3 Å². The van der Waals surface area contributed by atoms with Crippen molar-refractivity contribution in [2.45, 2.75) is 16.8 Å². The second-order valence-electron chi connectivity index (χ2n) is 6.36. The zero-order valence-corrected chi connectivity index (χ0v) is 18.7. The molecular weight excluding hydrogens is 442 g/mol. The summed E-state index contributed by atoms with van der Waals surface area (Å²) in [5, 5.41) is 7.64. The van der Waals surface area contributed by atoms with E-state index < -0.39 is 19.9 Å². The number of methoxy groups -OCH3 is 2. The average molecular weight is 464 g/mol. The molecule has 3 aromatic rings. The lowest BCUT2D eigenvalue weighted by molar-refractivity contribution is 0.386. The van der Waals surface area contributed by atoms with Crippen LogP contribution in [-0.4, -0.2) is 47.0 Å². The second kappa shape index (κ2) is 8.90. The summed E-state index contributed by atoms with van der Waals surface area (Å²) in [7, 11) is -4.57. The van der Waals surface area contributed by atoms with Gasteiger partial charge in [0.2, 0.25) is 0 Å². The normalized spacial score (nSPS) is 11.7. The minimum Gasteiger partial charge on any atom is -0.497 e. The SMILES string of the molecule is CCS(=O)(=O)c1ccc(-c2cccc(NS(=O)(=O)c3ccc(OC)cc3OC)c2)nn1. The molecule has 3 rings (SSSR count). The molecule has 0 radical (unpaired) electrons. The number of ether oxygens (including phenoxy) is 2. The van der Waals surface area contributed by atoms with Crippen molar-refractivity contribution in [2.75, 3.05) is 24.7 Å². The highest BCUT2D eigenvalue weighted by atomic mass is 32.2. The molecule has 0 unspecified atom stereocenters. The molecule has 0 amide bonds. The topological polar surface area (TPSA) is 125 Å². The maximum atomic E-state index is 12.9. The van der Waals surface area contributed by atoms with Crippen molar-refractivity contribution in [2.24, 2.45) is 0 Å². The van der Waals surface area contributed by atoms with Gasteiger partial charge in [-0.3, -0.25) is 4.72 Å². The fourth-order valence-corrected chi connectivity index (χ4v) is 4.67. The van der Waals surface area contributed by atoms with Crippen LogP contribution in [0.5, 0.6) is 11.5 Å². The van der Waals surface area contributed by atoms with Gasteiger partial charge in [0.05, 0.1) is 25.7 Å². The third-order valence-electron chi connectivity index (χ3n) is 4.41. The fraction of sp³-hybridized carbons (Fsp3) is 0.200. The average Bonchev–Trinajstić information content (AvgIpc) is 2.78. The number of sulfone groups is 1. The van der Waals surface area contributed by atoms with Crippen molar-refractivity contribution < 1.29 is 26.3 Å². The Morgan fingerprint density at radius 3 is 2.29 bits per heavy atom. The zero-order valence-electron chi connectivity index (χ0n) is 17.1. The second-order valence-corrected chi connectivity index (χ2v) is 10.2. The molecule has 2 aromatic carbocycles. The number of nitrogens with one attached hydrogen (secondary N) is 1. The number of aromatic nitrogens is 2. The highest BCUT2D eigenvalue weighted by Crippen LogP contribution is 2.30. The van der Waals surface area contributed by atoms with Crippen molar-refractivity contribution in [3.63, 3.8) is 0 Å². The number of sulfonamides is 1. The number of nitrogens with zero attached hydrogens (tertiary/aromatic N) is 2. The lowest BCUT2D eigenvalue weighted by Crippen LogP contribution is -2.14. The van der Waals surface area contributed by atoms with Crippen LogP contribution in [0.3, 0.4) is 0 Å². The van der Waals surface area contributed by atoms with Crippen LogP contribution in [-0.2, 0) is 19.9 Å². The van der Waals surface area contributed by atoms with E-state index in [9.17, 15) is 16.8 Å². The molecular formula is C20H21N3O6S2. The predicted molar refractivity (Wildman–Crippen MR) is 116 cm³/mol. The monoisotopic (exact) mass is 463 g/mol. The number of benzene rings is 2. The van der Waals surface area contributed by atoms with Crippen molar-refractivity contribution in [3.05, 3.63) is 54.6 Å². The molecule has 0 aliphatic carbocycles. The van der Waals surface area contributed by atoms with E-state index in [2.05, 4.69) is 14.9 Å². The molecule has 0 aliphatic rings. The van der Waals surface area contributed by atoms with Crippen LogP contribution < -0.4 is 14.2 Å². The molecule has 9 nitrogen and oxygen atoms in total. The molecule has 1 heterocycles. The summed E-state index contributed by atoms with van der Waals surface area (Å²) in [6.45, 7) is 1.53. The van der Waals surface area contributed by atoms with Crippen molar-refractivity contribution in [1.29, 1.82) is 0 Å². The molecule has 0 saturated carbocycles. The standard InChI is InChI=1S/C20H21N3O6S2/c1-4-30(24,25)20-11-9-17(21-22-20)14-6-5-7-15(12-14)23-31(26,27)19-10-8-16(28-2)13-18(19)29-3/h5-13,23H,4H2,1-3H3. The minimum atomic E-state index is -3.96. The summed E-state index contributed by atoms with van der Waals surface area (Å²) < 4.78 is 62.4. The Morgan fingerprint density at radius 2 is 1.68 bits per heavy atom. The van der Waals surface area contributed by atoms with Gasteiger partial charge >= 0.3 is 0 Å². The molecule has 164 valence electrons. The van der Waals surface area contributed by atoms with Gasteiger partial charge in [0, 0.05) is 17.3 Å². The van der Waals surface area contributed by atoms with E-state index >= 15 is 0 Å². The van der Waals surface area contributed by atoms with Crippen LogP contribution in [0.1, 0.15) is 6.92 Å². The summed E-state index contributed by atoms with van der Waals surface area (Å²) in [6, 6.07) is 13.8. The van der Waals surface area contributed by atoms with Crippen LogP contribution >= 0.6 is 0 Å². The van der Waals surface area contributed by atoms with Gasteiger partial charge in [-0.15, -0.1) is 10.2 Å². The highest BCUT2D eigenvalue weighted by Gasteiger charge is 2.21. The molecule has 1 N–H and O–H groups in total. The number of rotatable bonds is 8. The van der Waals surface area contributed by atoms with Gasteiger partial charge in [-0.05, 0) is 36.4 Å². The van der Waals surface area contributed by atoms with Crippen LogP contribution in [0.4, 0.5) is 5.69 Å². The van der Waals surface area contributed by atoms with Crippen molar-refractivity contribution in [1.82, 2.24) is 10.2 Å². The lowest BCUT2D eigenvalue weighted by Gasteiger charge is -2.13. The minimum absolute atomic E-state index is 0.0462. The van der Waals surface area contributed by atoms with Crippen LogP contribution in [0.2, 0.25) is 0 Å². The molecule has 11 heteroatoms. The molecule has 0 aliphatic heterocycles. The third-order valence-corrected chi connectivity index (χ3v) is 7.45. The Balaban J connectivity index is 1.90. The van der Waals surface area contributed by atoms with Crippen molar-refractivity contribution >= 4 is 25.5 Å². The van der Waals surface area contributed by atoms with E-state index in [1.54, 1.807) is 24.3 Å². The maximum absolute atomic E-state index is 12.9. The van der Waals surface area contributed by atoms with E-state index in [-0.39, 0.29) is 21.4 Å². The van der Waals surface area contributed by atoms with Crippen LogP contribution in [0.15, 0.2) is 64.5 Å². The number of hydrogen-bond donors (Lipinski definition) is 1. The van der Waals surface area contributed by atoms with E-state index in [1.165, 1.54) is 51.5 Å². The highest BCUT2D eigenvalue weighted by molar-refractivity contribution is 7.92. The maximum Gasteiger partial charge on any atom is 0.265 e. The van der Waals surface area contributed by atoms with E-state index in [0.717, 1.165) is 0 Å². The van der Waals surface area contributed by atoms with Gasteiger partial charge in [0.25, 0.3) is 10.0 Å². The third kappa shape index (κ3) is 4.94.